The summed E-state index contributed by atoms with van der Waals surface area (Å²) in [7, 11) is 1.50. The van der Waals surface area contributed by atoms with Crippen molar-refractivity contribution in [3.63, 3.8) is 0 Å². The zero-order chi connectivity index (χ0) is 21.8. The van der Waals surface area contributed by atoms with Crippen molar-refractivity contribution < 1.29 is 9.53 Å². The molecule has 1 aliphatic rings. The Balaban J connectivity index is 2.11. The molecule has 0 saturated heterocycles. The van der Waals surface area contributed by atoms with E-state index in [0.717, 1.165) is 31.4 Å². The number of ether oxygens (including phenoxy) is 1. The molecule has 1 aliphatic carbocycles. The van der Waals surface area contributed by atoms with Crippen molar-refractivity contribution >= 4 is 27.5 Å². The van der Waals surface area contributed by atoms with E-state index in [9.17, 15) is 14.9 Å². The monoisotopic (exact) mass is 464 g/mol. The number of methoxy groups -OCH3 is 1. The Labute approximate surface area is 180 Å². The van der Waals surface area contributed by atoms with Crippen molar-refractivity contribution in [2.75, 3.05) is 7.11 Å². The van der Waals surface area contributed by atoms with Gasteiger partial charge in [0.2, 0.25) is 0 Å². The van der Waals surface area contributed by atoms with E-state index in [1.54, 1.807) is 6.92 Å². The normalized spacial score (nSPS) is 17.0. The van der Waals surface area contributed by atoms with Gasteiger partial charge >= 0.3 is 0 Å². The maximum absolute atomic E-state index is 12.7. The van der Waals surface area contributed by atoms with Crippen LogP contribution in [0.4, 0.5) is 0 Å². The second kappa shape index (κ2) is 9.68. The van der Waals surface area contributed by atoms with E-state index in [4.69, 9.17) is 4.74 Å². The Bertz CT molecular complexity index is 896. The fraction of sp³-hybridized carbons (Fsp3) is 0.619. The van der Waals surface area contributed by atoms with Crippen molar-refractivity contribution in [3.8, 4) is 6.07 Å². The van der Waals surface area contributed by atoms with Gasteiger partial charge in [0.05, 0.1) is 6.61 Å². The molecule has 1 N–H and O–H groups in total. The van der Waals surface area contributed by atoms with Crippen LogP contribution in [-0.2, 0) is 22.7 Å². The number of hydrazone groups is 1. The van der Waals surface area contributed by atoms with Crippen LogP contribution in [0.25, 0.3) is 0 Å². The molecule has 1 heterocycles. The molecule has 1 aromatic rings. The number of hydrogen-bond donors (Lipinski definition) is 1. The summed E-state index contributed by atoms with van der Waals surface area (Å²) in [5, 5.41) is 13.7. The Morgan fingerprint density at radius 1 is 1.38 bits per heavy atom. The second-order valence-corrected chi connectivity index (χ2v) is 9.34. The fourth-order valence-corrected chi connectivity index (χ4v) is 4.22. The lowest BCUT2D eigenvalue weighted by molar-refractivity contribution is -0.121. The molecular weight excluding hydrogens is 436 g/mol. The van der Waals surface area contributed by atoms with Crippen LogP contribution in [0, 0.1) is 29.6 Å². The number of carbonyl (C=O) groups excluding carboxylic acids is 1. The second-order valence-electron chi connectivity index (χ2n) is 8.54. The highest BCUT2D eigenvalue weighted by Crippen LogP contribution is 2.36. The van der Waals surface area contributed by atoms with Crippen molar-refractivity contribution in [1.82, 2.24) is 9.99 Å². The van der Waals surface area contributed by atoms with E-state index in [2.05, 4.69) is 47.2 Å². The lowest BCUT2D eigenvalue weighted by Crippen LogP contribution is -2.34. The summed E-state index contributed by atoms with van der Waals surface area (Å²) in [5.74, 6) is 0.265. The number of carbonyl (C=O) groups is 1. The molecule has 1 amide bonds. The number of nitrogens with zero attached hydrogens (tertiary/aromatic N) is 3. The lowest BCUT2D eigenvalue weighted by atomic mass is 9.72. The first-order valence-electron chi connectivity index (χ1n) is 9.75. The highest BCUT2D eigenvalue weighted by molar-refractivity contribution is 9.10. The molecular formula is C21H29BrN4O3. The molecule has 158 valence electrons. The van der Waals surface area contributed by atoms with Gasteiger partial charge in [-0.1, -0.05) is 20.8 Å². The largest absolute Gasteiger partial charge is 0.380 e. The predicted octanol–water partition coefficient (Wildman–Crippen LogP) is 3.65. The summed E-state index contributed by atoms with van der Waals surface area (Å²) >= 11 is 3.42. The summed E-state index contributed by atoms with van der Waals surface area (Å²) in [6.07, 6.45) is 3.88. The molecule has 2 rings (SSSR count). The minimum atomic E-state index is -0.506. The molecule has 1 saturated carbocycles. The fourth-order valence-electron chi connectivity index (χ4n) is 3.70. The Morgan fingerprint density at radius 2 is 2.00 bits per heavy atom. The highest BCUT2D eigenvalue weighted by atomic mass is 79.9. The van der Waals surface area contributed by atoms with Crippen LogP contribution in [0.2, 0.25) is 0 Å². The SMILES string of the molecule is COCc1c(Br)c(C)n(CC(=O)NN=C2CCC(C(C)(C)C)CC2)c(=O)c1C#N. The molecule has 7 nitrogen and oxygen atoms in total. The van der Waals surface area contributed by atoms with E-state index in [-0.39, 0.29) is 24.1 Å². The first kappa shape index (κ1) is 23.3. The molecule has 0 unspecified atom stereocenters. The summed E-state index contributed by atoms with van der Waals surface area (Å²) in [6.45, 7) is 8.43. The minimum absolute atomic E-state index is 0.0241. The number of nitrogens with one attached hydrogen (secondary N) is 1. The standard InChI is InChI=1S/C21H29BrN4O3/c1-13-19(22)17(12-29-5)16(10-23)20(28)26(13)11-18(27)25-24-15-8-6-14(7-9-15)21(2,3)4/h14H,6-9,11-12H2,1-5H3,(H,25,27). The van der Waals surface area contributed by atoms with E-state index in [1.165, 1.54) is 11.7 Å². The van der Waals surface area contributed by atoms with Crippen LogP contribution >= 0.6 is 15.9 Å². The molecule has 0 radical (unpaired) electrons. The number of pyridine rings is 1. The average molecular weight is 465 g/mol. The van der Waals surface area contributed by atoms with Crippen molar-refractivity contribution in [2.24, 2.45) is 16.4 Å². The Morgan fingerprint density at radius 3 is 2.52 bits per heavy atom. The van der Waals surface area contributed by atoms with Gasteiger partial charge in [-0.3, -0.25) is 9.59 Å². The van der Waals surface area contributed by atoms with Gasteiger partial charge in [-0.15, -0.1) is 0 Å². The Hall–Kier alpha value is -1.98. The van der Waals surface area contributed by atoms with Crippen LogP contribution in [0.1, 0.15) is 63.3 Å². The van der Waals surface area contributed by atoms with Crippen LogP contribution in [0.5, 0.6) is 0 Å². The predicted molar refractivity (Wildman–Crippen MR) is 116 cm³/mol. The number of amides is 1. The van der Waals surface area contributed by atoms with E-state index in [1.807, 2.05) is 6.07 Å². The number of rotatable bonds is 5. The van der Waals surface area contributed by atoms with Gasteiger partial charge in [-0.25, -0.2) is 5.43 Å². The van der Waals surface area contributed by atoms with Crippen LogP contribution in [0.3, 0.4) is 0 Å². The third-order valence-corrected chi connectivity index (χ3v) is 6.63. The quantitative estimate of drug-likeness (QED) is 0.672. The molecule has 0 bridgehead atoms. The molecule has 8 heteroatoms. The van der Waals surface area contributed by atoms with Gasteiger partial charge in [-0.05, 0) is 59.9 Å². The molecule has 1 fully saturated rings. The molecule has 0 aliphatic heterocycles. The maximum atomic E-state index is 12.7. The van der Waals surface area contributed by atoms with Gasteiger partial charge in [0, 0.05) is 28.6 Å². The van der Waals surface area contributed by atoms with E-state index < -0.39 is 11.5 Å². The molecule has 29 heavy (non-hydrogen) atoms. The summed E-state index contributed by atoms with van der Waals surface area (Å²) in [6, 6.07) is 1.93. The number of aromatic nitrogens is 1. The van der Waals surface area contributed by atoms with E-state index in [0.29, 0.717) is 21.6 Å². The molecule has 0 spiro atoms. The first-order valence-corrected chi connectivity index (χ1v) is 10.5. The topological polar surface area (TPSA) is 96.5 Å². The zero-order valence-electron chi connectivity index (χ0n) is 17.8. The Kier molecular flexibility index (Phi) is 7.78. The number of halogens is 1. The van der Waals surface area contributed by atoms with Crippen molar-refractivity contribution in [2.45, 2.75) is 66.5 Å². The van der Waals surface area contributed by atoms with Crippen molar-refractivity contribution in [1.29, 1.82) is 5.26 Å². The van der Waals surface area contributed by atoms with E-state index >= 15 is 0 Å². The van der Waals surface area contributed by atoms with Gasteiger partial charge in [0.15, 0.2) is 0 Å². The van der Waals surface area contributed by atoms with Gasteiger partial charge in [0.1, 0.15) is 18.2 Å². The van der Waals surface area contributed by atoms with Gasteiger partial charge in [-0.2, -0.15) is 10.4 Å². The first-order chi connectivity index (χ1) is 13.6. The summed E-state index contributed by atoms with van der Waals surface area (Å²) in [5.41, 5.74) is 4.37. The van der Waals surface area contributed by atoms with Gasteiger partial charge < -0.3 is 9.30 Å². The smallest absolute Gasteiger partial charge is 0.269 e. The zero-order valence-corrected chi connectivity index (χ0v) is 19.4. The summed E-state index contributed by atoms with van der Waals surface area (Å²) < 4.78 is 6.97. The number of nitriles is 1. The van der Waals surface area contributed by atoms with Gasteiger partial charge in [0.25, 0.3) is 11.5 Å². The molecule has 0 aromatic carbocycles. The maximum Gasteiger partial charge on any atom is 0.269 e. The third-order valence-electron chi connectivity index (χ3n) is 5.58. The highest BCUT2D eigenvalue weighted by Gasteiger charge is 2.28. The molecule has 1 aromatic heterocycles. The molecule has 0 atom stereocenters. The van der Waals surface area contributed by atoms with Crippen LogP contribution in [0.15, 0.2) is 14.4 Å². The summed E-state index contributed by atoms with van der Waals surface area (Å²) in [4.78, 5) is 25.1. The minimum Gasteiger partial charge on any atom is -0.380 e. The van der Waals surface area contributed by atoms with Crippen LogP contribution < -0.4 is 11.0 Å². The number of hydrogen-bond acceptors (Lipinski definition) is 5. The lowest BCUT2D eigenvalue weighted by Gasteiger charge is -2.34. The van der Waals surface area contributed by atoms with Crippen LogP contribution in [-0.4, -0.2) is 23.3 Å². The van der Waals surface area contributed by atoms with Crippen molar-refractivity contribution in [3.05, 3.63) is 31.6 Å². The average Bonchev–Trinajstić information content (AvgIpc) is 2.67. The third kappa shape index (κ3) is 5.55.